The van der Waals surface area contributed by atoms with Crippen molar-refractivity contribution in [2.45, 2.75) is 63.6 Å². The molecule has 0 spiro atoms. The number of carbonyl (C=O) groups is 1. The summed E-state index contributed by atoms with van der Waals surface area (Å²) in [5, 5.41) is 0. The molecule has 36 heavy (non-hydrogen) atoms. The van der Waals surface area contributed by atoms with Crippen molar-refractivity contribution in [1.29, 1.82) is 0 Å². The third-order valence-corrected chi connectivity index (χ3v) is 6.63. The highest BCUT2D eigenvalue weighted by Crippen LogP contribution is 2.29. The first-order valence-corrected chi connectivity index (χ1v) is 12.9. The molecule has 2 unspecified atom stereocenters. The van der Waals surface area contributed by atoms with Gasteiger partial charge in [-0.2, -0.15) is 0 Å². The van der Waals surface area contributed by atoms with Gasteiger partial charge in [-0.05, 0) is 79.5 Å². The molecule has 4 rings (SSSR count). The summed E-state index contributed by atoms with van der Waals surface area (Å²) >= 11 is 0. The first-order chi connectivity index (χ1) is 17.5. The second kappa shape index (κ2) is 12.5. The van der Waals surface area contributed by atoms with Crippen LogP contribution in [-0.4, -0.2) is 31.4 Å². The van der Waals surface area contributed by atoms with Gasteiger partial charge in [-0.1, -0.05) is 44.0 Å². The third-order valence-electron chi connectivity index (χ3n) is 6.63. The van der Waals surface area contributed by atoms with Crippen molar-refractivity contribution in [1.82, 2.24) is 0 Å². The van der Waals surface area contributed by atoms with Crippen molar-refractivity contribution in [2.75, 3.05) is 13.2 Å². The zero-order chi connectivity index (χ0) is 25.3. The van der Waals surface area contributed by atoms with Gasteiger partial charge in [-0.25, -0.2) is 4.79 Å². The van der Waals surface area contributed by atoms with Crippen LogP contribution in [0, 0.1) is 0 Å². The molecule has 0 saturated carbocycles. The van der Waals surface area contributed by atoms with Gasteiger partial charge >= 0.3 is 5.97 Å². The number of hydrogen-bond donors (Lipinski definition) is 0. The number of cyclic esters (lactones) is 1. The summed E-state index contributed by atoms with van der Waals surface area (Å²) in [7, 11) is 0. The number of unbranched alkanes of at least 4 members (excludes halogenated alkanes) is 2. The van der Waals surface area contributed by atoms with Crippen LogP contribution in [0.4, 0.5) is 0 Å². The largest absolute Gasteiger partial charge is 0.494 e. The predicted molar refractivity (Wildman–Crippen MR) is 142 cm³/mol. The maximum absolute atomic E-state index is 11.4. The summed E-state index contributed by atoms with van der Waals surface area (Å²) in [6, 6.07) is 16.4. The lowest BCUT2D eigenvalue weighted by Crippen LogP contribution is -2.07. The molecule has 2 aromatic carbocycles. The van der Waals surface area contributed by atoms with Gasteiger partial charge in [-0.15, -0.1) is 0 Å². The summed E-state index contributed by atoms with van der Waals surface area (Å²) in [6.45, 7) is 12.9. The van der Waals surface area contributed by atoms with Crippen LogP contribution in [0.3, 0.4) is 0 Å². The fourth-order valence-electron chi connectivity index (χ4n) is 4.49. The van der Waals surface area contributed by atoms with Gasteiger partial charge in [-0.3, -0.25) is 0 Å². The summed E-state index contributed by atoms with van der Waals surface area (Å²) in [5.41, 5.74) is 3.88. The van der Waals surface area contributed by atoms with Gasteiger partial charge in [0.1, 0.15) is 29.5 Å². The average molecular weight is 489 g/mol. The van der Waals surface area contributed by atoms with E-state index in [9.17, 15) is 4.79 Å². The second-order valence-corrected chi connectivity index (χ2v) is 9.54. The van der Waals surface area contributed by atoms with Crippen LogP contribution in [0.15, 0.2) is 85.2 Å². The molecule has 190 valence electrons. The Morgan fingerprint density at radius 3 is 1.56 bits per heavy atom. The lowest BCUT2D eigenvalue weighted by Gasteiger charge is -2.11. The molecular weight excluding hydrogens is 452 g/mol. The summed E-state index contributed by atoms with van der Waals surface area (Å²) in [5.74, 6) is 2.23. The Labute approximate surface area is 214 Å². The van der Waals surface area contributed by atoms with Crippen molar-refractivity contribution in [3.63, 3.8) is 0 Å². The van der Waals surface area contributed by atoms with Gasteiger partial charge < -0.3 is 18.9 Å². The number of hydrogen-bond acceptors (Lipinski definition) is 5. The Kier molecular flexibility index (Phi) is 8.88. The smallest absolute Gasteiger partial charge is 0.333 e. The number of benzene rings is 2. The molecule has 2 aromatic rings. The predicted octanol–water partition coefficient (Wildman–Crippen LogP) is 7.18. The normalized spacial score (nSPS) is 19.3. The molecule has 0 bridgehead atoms. The maximum atomic E-state index is 11.4. The van der Waals surface area contributed by atoms with Crippen molar-refractivity contribution < 1.29 is 23.7 Å². The number of carbonyl (C=O) groups excluding carboxylic acids is 1. The molecule has 2 aliphatic rings. The lowest BCUT2D eigenvalue weighted by molar-refractivity contribution is -0.139. The minimum Gasteiger partial charge on any atom is -0.494 e. The van der Waals surface area contributed by atoms with Crippen LogP contribution in [0.5, 0.6) is 11.5 Å². The Morgan fingerprint density at radius 2 is 1.14 bits per heavy atom. The fraction of sp³-hybridized carbons (Fsp3) is 0.387. The molecule has 5 nitrogen and oxygen atoms in total. The highest BCUT2D eigenvalue weighted by atomic mass is 16.5. The standard InChI is InChI=1S/C31H36O5/c1-22-20-29(35-24(22)3)8-4-6-18-33-27-14-10-25(11-15-27)26-12-16-28(17-13-26)34-19-7-5-9-30-21-23(2)31(32)36-30/h10-17,29-30H,1-9,18-21H2. The molecule has 0 aromatic heterocycles. The van der Waals surface area contributed by atoms with Crippen molar-refractivity contribution in [3.8, 4) is 22.6 Å². The molecule has 2 heterocycles. The fourth-order valence-corrected chi connectivity index (χ4v) is 4.49. The number of allylic oxidation sites excluding steroid dienone is 1. The molecule has 2 fully saturated rings. The molecule has 0 amide bonds. The van der Waals surface area contributed by atoms with E-state index in [4.69, 9.17) is 18.9 Å². The maximum Gasteiger partial charge on any atom is 0.333 e. The van der Waals surface area contributed by atoms with Crippen LogP contribution in [0.2, 0.25) is 0 Å². The van der Waals surface area contributed by atoms with E-state index in [2.05, 4.69) is 44.0 Å². The molecule has 2 aliphatic heterocycles. The first kappa shape index (κ1) is 25.6. The van der Waals surface area contributed by atoms with E-state index in [0.717, 1.165) is 78.9 Å². The summed E-state index contributed by atoms with van der Waals surface area (Å²) in [6.07, 6.45) is 7.55. The number of ether oxygens (including phenoxy) is 4. The van der Waals surface area contributed by atoms with Crippen LogP contribution >= 0.6 is 0 Å². The number of rotatable bonds is 13. The van der Waals surface area contributed by atoms with Crippen molar-refractivity contribution in [3.05, 3.63) is 85.2 Å². The molecule has 5 heteroatoms. The van der Waals surface area contributed by atoms with Crippen LogP contribution in [0.25, 0.3) is 11.1 Å². The molecule has 0 radical (unpaired) electrons. The molecule has 2 atom stereocenters. The first-order valence-electron chi connectivity index (χ1n) is 12.9. The van der Waals surface area contributed by atoms with Gasteiger partial charge in [0.15, 0.2) is 0 Å². The Bertz CT molecular complexity index is 948. The molecule has 0 aliphatic carbocycles. The van der Waals surface area contributed by atoms with E-state index < -0.39 is 0 Å². The van der Waals surface area contributed by atoms with Gasteiger partial charge in [0.2, 0.25) is 0 Å². The highest BCUT2D eigenvalue weighted by Gasteiger charge is 2.26. The Balaban J connectivity index is 1.11. The SMILES string of the molecule is C=C1CC(CCCCOc2ccc(-c3ccc(OCCCCC4CC(=C)C(=O)O4)cc3)cc2)OC1=C. The van der Waals surface area contributed by atoms with E-state index in [1.807, 2.05) is 24.3 Å². The van der Waals surface area contributed by atoms with Gasteiger partial charge in [0.25, 0.3) is 0 Å². The van der Waals surface area contributed by atoms with Gasteiger partial charge in [0.05, 0.1) is 13.2 Å². The minimum atomic E-state index is -0.251. The Morgan fingerprint density at radius 1 is 0.667 bits per heavy atom. The van der Waals surface area contributed by atoms with E-state index >= 15 is 0 Å². The zero-order valence-corrected chi connectivity index (χ0v) is 21.0. The van der Waals surface area contributed by atoms with Crippen LogP contribution < -0.4 is 9.47 Å². The topological polar surface area (TPSA) is 54.0 Å². The minimum absolute atomic E-state index is 0.0137. The van der Waals surface area contributed by atoms with E-state index in [1.165, 1.54) is 0 Å². The van der Waals surface area contributed by atoms with Crippen LogP contribution in [-0.2, 0) is 14.3 Å². The van der Waals surface area contributed by atoms with E-state index in [1.54, 1.807) is 0 Å². The highest BCUT2D eigenvalue weighted by molar-refractivity contribution is 5.89. The third kappa shape index (κ3) is 7.27. The Hall–Kier alpha value is -3.47. The quantitative estimate of drug-likeness (QED) is 0.170. The van der Waals surface area contributed by atoms with Crippen molar-refractivity contribution in [2.24, 2.45) is 0 Å². The molecule has 2 saturated heterocycles. The monoisotopic (exact) mass is 488 g/mol. The lowest BCUT2D eigenvalue weighted by atomic mass is 10.1. The van der Waals surface area contributed by atoms with Crippen LogP contribution in [0.1, 0.15) is 51.4 Å². The summed E-state index contributed by atoms with van der Waals surface area (Å²) in [4.78, 5) is 11.4. The molecular formula is C31H36O5. The summed E-state index contributed by atoms with van der Waals surface area (Å²) < 4.78 is 22.7. The van der Waals surface area contributed by atoms with Gasteiger partial charge in [0, 0.05) is 18.4 Å². The van der Waals surface area contributed by atoms with E-state index in [-0.39, 0.29) is 18.2 Å². The second-order valence-electron chi connectivity index (χ2n) is 9.54. The number of esters is 1. The zero-order valence-electron chi connectivity index (χ0n) is 21.0. The van der Waals surface area contributed by atoms with E-state index in [0.29, 0.717) is 25.2 Å². The van der Waals surface area contributed by atoms with Crippen molar-refractivity contribution >= 4 is 5.97 Å². The average Bonchev–Trinajstić information content (AvgIpc) is 3.38. The molecule has 0 N–H and O–H groups in total.